The molecule has 0 saturated carbocycles. The van der Waals surface area contributed by atoms with Gasteiger partial charge in [-0.2, -0.15) is 0 Å². The first-order valence-electron chi connectivity index (χ1n) is 10.5. The molecule has 2 aromatic carbocycles. The van der Waals surface area contributed by atoms with Gasteiger partial charge in [0.05, 0.1) is 19.5 Å². The van der Waals surface area contributed by atoms with Gasteiger partial charge in [-0.15, -0.1) is 0 Å². The summed E-state index contributed by atoms with van der Waals surface area (Å²) in [5.41, 5.74) is 7.71. The maximum atomic E-state index is 12.6. The summed E-state index contributed by atoms with van der Waals surface area (Å²) < 4.78 is 5.18. The van der Waals surface area contributed by atoms with E-state index in [1.54, 1.807) is 34.1 Å². The molecule has 1 aliphatic heterocycles. The second-order valence-electron chi connectivity index (χ2n) is 7.53. The first kappa shape index (κ1) is 23.7. The number of esters is 1. The van der Waals surface area contributed by atoms with Crippen molar-refractivity contribution in [3.05, 3.63) is 65.7 Å². The molecule has 4 N–H and O–H groups in total. The lowest BCUT2D eigenvalue weighted by Crippen LogP contribution is -2.52. The largest absolute Gasteiger partial charge is 0.461 e. The van der Waals surface area contributed by atoms with Crippen LogP contribution in [-0.2, 0) is 25.7 Å². The van der Waals surface area contributed by atoms with Gasteiger partial charge in [0.15, 0.2) is 5.84 Å². The number of nitrogens with zero attached hydrogens (tertiary/aromatic N) is 3. The van der Waals surface area contributed by atoms with Gasteiger partial charge in [-0.1, -0.05) is 35.5 Å². The maximum absolute atomic E-state index is 12.6. The minimum Gasteiger partial charge on any atom is -0.461 e. The first-order chi connectivity index (χ1) is 16.0. The highest BCUT2D eigenvalue weighted by Gasteiger charge is 2.26. The molecule has 0 aromatic heterocycles. The van der Waals surface area contributed by atoms with Crippen molar-refractivity contribution in [3.8, 4) is 0 Å². The van der Waals surface area contributed by atoms with Crippen LogP contribution in [0.5, 0.6) is 0 Å². The van der Waals surface area contributed by atoms with Crippen molar-refractivity contribution >= 4 is 29.3 Å². The van der Waals surface area contributed by atoms with Crippen LogP contribution in [0.2, 0.25) is 0 Å². The number of oxime groups is 1. The van der Waals surface area contributed by atoms with Crippen LogP contribution < -0.4 is 16.0 Å². The van der Waals surface area contributed by atoms with E-state index in [0.29, 0.717) is 24.3 Å². The lowest BCUT2D eigenvalue weighted by atomic mass is 10.1. The number of nitrogens with two attached hydrogens (primary N) is 1. The molecule has 0 bridgehead atoms. The summed E-state index contributed by atoms with van der Waals surface area (Å²) >= 11 is 0. The van der Waals surface area contributed by atoms with Gasteiger partial charge < -0.3 is 25.9 Å². The monoisotopic (exact) mass is 453 g/mol. The summed E-state index contributed by atoms with van der Waals surface area (Å²) in [5, 5.41) is 14.4. The summed E-state index contributed by atoms with van der Waals surface area (Å²) in [6.07, 6.45) is 0.0762. The third-order valence-corrected chi connectivity index (χ3v) is 5.14. The predicted molar refractivity (Wildman–Crippen MR) is 122 cm³/mol. The van der Waals surface area contributed by atoms with Crippen molar-refractivity contribution in [3.63, 3.8) is 0 Å². The second kappa shape index (κ2) is 11.6. The highest BCUT2D eigenvalue weighted by atomic mass is 16.5. The first-order valence-corrected chi connectivity index (χ1v) is 10.5. The molecule has 1 fully saturated rings. The molecule has 2 aromatic rings. The number of amides is 2. The van der Waals surface area contributed by atoms with Gasteiger partial charge in [-0.25, -0.2) is 0 Å². The molecule has 0 radical (unpaired) electrons. The quantitative estimate of drug-likeness (QED) is 0.167. The highest BCUT2D eigenvalue weighted by Crippen LogP contribution is 2.18. The normalized spacial score (nSPS) is 14.7. The summed E-state index contributed by atoms with van der Waals surface area (Å²) in [6, 6.07) is 16.2. The Morgan fingerprint density at radius 2 is 1.82 bits per heavy atom. The Labute approximate surface area is 191 Å². The lowest BCUT2D eigenvalue weighted by molar-refractivity contribution is -0.144. The summed E-state index contributed by atoms with van der Waals surface area (Å²) in [7, 11) is 0. The molecular weight excluding hydrogens is 426 g/mol. The number of rotatable bonds is 9. The number of carbonyl (C=O) groups excluding carboxylic acids is 3. The summed E-state index contributed by atoms with van der Waals surface area (Å²) in [4.78, 5) is 39.9. The molecule has 0 atom stereocenters. The zero-order valence-corrected chi connectivity index (χ0v) is 18.1. The molecule has 1 aliphatic rings. The van der Waals surface area contributed by atoms with E-state index in [-0.39, 0.29) is 56.3 Å². The van der Waals surface area contributed by atoms with Crippen molar-refractivity contribution in [2.24, 2.45) is 10.9 Å². The Balaban J connectivity index is 1.37. The van der Waals surface area contributed by atoms with Crippen LogP contribution in [-0.4, -0.2) is 66.5 Å². The SMILES string of the molecule is NC(=NO)c1ccc(N2CCN(CC(=O)NCCC(=O)OCc3ccccc3)CC2=O)cc1. The number of ether oxygens (including phenoxy) is 1. The Hall–Kier alpha value is -3.92. The zero-order valence-electron chi connectivity index (χ0n) is 18.1. The second-order valence-corrected chi connectivity index (χ2v) is 7.53. The van der Waals surface area contributed by atoms with Crippen LogP contribution in [0.3, 0.4) is 0 Å². The number of hydrogen-bond acceptors (Lipinski definition) is 7. The maximum Gasteiger partial charge on any atom is 0.307 e. The van der Waals surface area contributed by atoms with E-state index in [4.69, 9.17) is 15.7 Å². The van der Waals surface area contributed by atoms with Crippen LogP contribution in [0.25, 0.3) is 0 Å². The van der Waals surface area contributed by atoms with Crippen LogP contribution >= 0.6 is 0 Å². The fraction of sp³-hybridized carbons (Fsp3) is 0.304. The van der Waals surface area contributed by atoms with Crippen molar-refractivity contribution in [2.75, 3.05) is 37.6 Å². The van der Waals surface area contributed by atoms with Crippen LogP contribution in [0.1, 0.15) is 17.5 Å². The zero-order chi connectivity index (χ0) is 23.6. The lowest BCUT2D eigenvalue weighted by Gasteiger charge is -2.34. The molecule has 1 saturated heterocycles. The molecule has 0 spiro atoms. The van der Waals surface area contributed by atoms with E-state index >= 15 is 0 Å². The van der Waals surface area contributed by atoms with E-state index in [2.05, 4.69) is 10.5 Å². The standard InChI is InChI=1S/C23H27N5O5/c24-23(26-32)18-6-8-19(9-7-18)28-13-12-27(15-21(28)30)14-20(29)25-11-10-22(31)33-16-17-4-2-1-3-5-17/h1-9,32H,10-16H2,(H2,24,26)(H,25,29). The summed E-state index contributed by atoms with van der Waals surface area (Å²) in [6.45, 7) is 1.51. The average molecular weight is 453 g/mol. The Morgan fingerprint density at radius 1 is 1.09 bits per heavy atom. The third-order valence-electron chi connectivity index (χ3n) is 5.14. The topological polar surface area (TPSA) is 138 Å². The Morgan fingerprint density at radius 3 is 2.48 bits per heavy atom. The molecule has 0 aliphatic carbocycles. The highest BCUT2D eigenvalue weighted by molar-refractivity contribution is 5.99. The van der Waals surface area contributed by atoms with Crippen LogP contribution in [0.4, 0.5) is 5.69 Å². The van der Waals surface area contributed by atoms with E-state index in [1.807, 2.05) is 30.3 Å². The third kappa shape index (κ3) is 7.04. The number of hydrogen-bond donors (Lipinski definition) is 3. The predicted octanol–water partition coefficient (Wildman–Crippen LogP) is 0.679. The molecule has 0 unspecified atom stereocenters. The van der Waals surface area contributed by atoms with Crippen LogP contribution in [0, 0.1) is 0 Å². The molecule has 174 valence electrons. The van der Waals surface area contributed by atoms with Crippen LogP contribution in [0.15, 0.2) is 59.8 Å². The molecular formula is C23H27N5O5. The Kier molecular flexibility index (Phi) is 8.36. The van der Waals surface area contributed by atoms with Gasteiger partial charge in [0, 0.05) is 30.9 Å². The number of anilines is 1. The van der Waals surface area contributed by atoms with E-state index in [1.165, 1.54) is 0 Å². The molecule has 3 rings (SSSR count). The van der Waals surface area contributed by atoms with Gasteiger partial charge >= 0.3 is 5.97 Å². The fourth-order valence-corrected chi connectivity index (χ4v) is 3.37. The Bertz CT molecular complexity index is 994. The van der Waals surface area contributed by atoms with Gasteiger partial charge in [0.2, 0.25) is 11.8 Å². The average Bonchev–Trinajstić information content (AvgIpc) is 2.83. The number of benzene rings is 2. The smallest absolute Gasteiger partial charge is 0.307 e. The molecule has 33 heavy (non-hydrogen) atoms. The molecule has 10 heteroatoms. The van der Waals surface area contributed by atoms with Crippen molar-refractivity contribution < 1.29 is 24.3 Å². The molecule has 1 heterocycles. The van der Waals surface area contributed by atoms with Gasteiger partial charge in [-0.3, -0.25) is 19.3 Å². The van der Waals surface area contributed by atoms with Crippen molar-refractivity contribution in [2.45, 2.75) is 13.0 Å². The number of piperazine rings is 1. The van der Waals surface area contributed by atoms with Gasteiger partial charge in [0.25, 0.3) is 0 Å². The summed E-state index contributed by atoms with van der Waals surface area (Å²) in [5.74, 6) is -0.778. The molecule has 10 nitrogen and oxygen atoms in total. The number of nitrogens with one attached hydrogen (secondary N) is 1. The number of carbonyl (C=O) groups is 3. The van der Waals surface area contributed by atoms with E-state index < -0.39 is 0 Å². The number of amidine groups is 1. The minimum absolute atomic E-state index is 0.00633. The van der Waals surface area contributed by atoms with Crippen molar-refractivity contribution in [1.82, 2.24) is 10.2 Å². The van der Waals surface area contributed by atoms with Gasteiger partial charge in [-0.05, 0) is 29.8 Å². The fourth-order valence-electron chi connectivity index (χ4n) is 3.37. The van der Waals surface area contributed by atoms with Crippen molar-refractivity contribution in [1.29, 1.82) is 0 Å². The van der Waals surface area contributed by atoms with E-state index in [9.17, 15) is 14.4 Å². The van der Waals surface area contributed by atoms with E-state index in [0.717, 1.165) is 5.56 Å². The van der Waals surface area contributed by atoms with Gasteiger partial charge in [0.1, 0.15) is 6.61 Å². The molecule has 2 amide bonds. The minimum atomic E-state index is -0.388.